The van der Waals surface area contributed by atoms with E-state index in [9.17, 15) is 9.59 Å². The molecule has 4 heteroatoms. The first kappa shape index (κ1) is 13.4. The fraction of sp³-hybridized carbons (Fsp3) is 0.176. The van der Waals surface area contributed by atoms with Gasteiger partial charge < -0.3 is 11.1 Å². The standard InChI is InChI=1S/C17H16N2O2/c18-16(20)13-7-6-11-8-9-15(14(11)10-13)19-17(21)12-4-2-1-3-5-12/h1-7,10,15H,8-9H2,(H2,18,20)(H,19,21). The molecule has 1 atom stereocenters. The highest BCUT2D eigenvalue weighted by atomic mass is 16.2. The molecule has 1 aliphatic carbocycles. The number of primary amides is 1. The third-order valence-electron chi connectivity index (χ3n) is 3.85. The topological polar surface area (TPSA) is 72.2 Å². The molecule has 2 amide bonds. The number of hydrogen-bond acceptors (Lipinski definition) is 2. The summed E-state index contributed by atoms with van der Waals surface area (Å²) < 4.78 is 0. The van der Waals surface area contributed by atoms with Gasteiger partial charge in [-0.15, -0.1) is 0 Å². The maximum Gasteiger partial charge on any atom is 0.251 e. The molecule has 2 aromatic rings. The van der Waals surface area contributed by atoms with Crippen molar-refractivity contribution in [2.75, 3.05) is 0 Å². The van der Waals surface area contributed by atoms with Crippen LogP contribution in [0.2, 0.25) is 0 Å². The van der Waals surface area contributed by atoms with E-state index in [4.69, 9.17) is 5.73 Å². The van der Waals surface area contributed by atoms with Crippen LogP contribution in [0.4, 0.5) is 0 Å². The number of carbonyl (C=O) groups is 2. The van der Waals surface area contributed by atoms with Gasteiger partial charge >= 0.3 is 0 Å². The number of benzene rings is 2. The Bertz CT molecular complexity index is 695. The number of nitrogens with two attached hydrogens (primary N) is 1. The fourth-order valence-electron chi connectivity index (χ4n) is 2.74. The smallest absolute Gasteiger partial charge is 0.251 e. The van der Waals surface area contributed by atoms with E-state index in [1.54, 1.807) is 24.3 Å². The van der Waals surface area contributed by atoms with Crippen LogP contribution < -0.4 is 11.1 Å². The molecule has 0 radical (unpaired) electrons. The molecule has 0 spiro atoms. The Labute approximate surface area is 123 Å². The molecule has 0 saturated heterocycles. The maximum absolute atomic E-state index is 12.2. The Morgan fingerprint density at radius 3 is 2.52 bits per heavy atom. The number of nitrogens with one attached hydrogen (secondary N) is 1. The third kappa shape index (κ3) is 2.65. The van der Waals surface area contributed by atoms with E-state index >= 15 is 0 Å². The number of carbonyl (C=O) groups excluding carboxylic acids is 2. The first-order chi connectivity index (χ1) is 10.1. The van der Waals surface area contributed by atoms with E-state index < -0.39 is 5.91 Å². The van der Waals surface area contributed by atoms with E-state index in [-0.39, 0.29) is 11.9 Å². The minimum absolute atomic E-state index is 0.0630. The van der Waals surface area contributed by atoms with Crippen molar-refractivity contribution in [2.24, 2.45) is 5.73 Å². The first-order valence-electron chi connectivity index (χ1n) is 6.93. The molecule has 2 aromatic carbocycles. The van der Waals surface area contributed by atoms with Gasteiger partial charge in [-0.2, -0.15) is 0 Å². The lowest BCUT2D eigenvalue weighted by Gasteiger charge is -2.14. The van der Waals surface area contributed by atoms with E-state index in [0.29, 0.717) is 11.1 Å². The van der Waals surface area contributed by atoms with Crippen molar-refractivity contribution in [1.29, 1.82) is 0 Å². The van der Waals surface area contributed by atoms with Crippen molar-refractivity contribution >= 4 is 11.8 Å². The van der Waals surface area contributed by atoms with Crippen molar-refractivity contribution in [3.63, 3.8) is 0 Å². The molecule has 1 unspecified atom stereocenters. The van der Waals surface area contributed by atoms with Crippen molar-refractivity contribution in [2.45, 2.75) is 18.9 Å². The van der Waals surface area contributed by atoms with Gasteiger partial charge in [-0.1, -0.05) is 24.3 Å². The van der Waals surface area contributed by atoms with Gasteiger partial charge in [0.05, 0.1) is 6.04 Å². The molecule has 3 N–H and O–H groups in total. The normalized spacial score (nSPS) is 16.3. The van der Waals surface area contributed by atoms with Crippen LogP contribution in [0.1, 0.15) is 44.3 Å². The van der Waals surface area contributed by atoms with Gasteiger partial charge in [-0.3, -0.25) is 9.59 Å². The number of rotatable bonds is 3. The fourth-order valence-corrected chi connectivity index (χ4v) is 2.74. The minimum atomic E-state index is -0.446. The quantitative estimate of drug-likeness (QED) is 0.904. The highest BCUT2D eigenvalue weighted by Gasteiger charge is 2.25. The van der Waals surface area contributed by atoms with Crippen LogP contribution in [-0.2, 0) is 6.42 Å². The van der Waals surface area contributed by atoms with Crippen LogP contribution in [0.15, 0.2) is 48.5 Å². The molecule has 21 heavy (non-hydrogen) atoms. The van der Waals surface area contributed by atoms with Crippen molar-refractivity contribution in [1.82, 2.24) is 5.32 Å². The summed E-state index contributed by atoms with van der Waals surface area (Å²) in [6.45, 7) is 0. The summed E-state index contributed by atoms with van der Waals surface area (Å²) in [7, 11) is 0. The van der Waals surface area contributed by atoms with Gasteiger partial charge in [0.1, 0.15) is 0 Å². The van der Waals surface area contributed by atoms with Gasteiger partial charge in [0.15, 0.2) is 0 Å². The predicted molar refractivity (Wildman–Crippen MR) is 79.9 cm³/mol. The monoisotopic (exact) mass is 280 g/mol. The van der Waals surface area contributed by atoms with E-state index in [1.807, 2.05) is 24.3 Å². The van der Waals surface area contributed by atoms with Crippen LogP contribution in [0.25, 0.3) is 0 Å². The van der Waals surface area contributed by atoms with Crippen LogP contribution in [0, 0.1) is 0 Å². The Balaban J connectivity index is 1.82. The number of fused-ring (bicyclic) bond motifs is 1. The lowest BCUT2D eigenvalue weighted by molar-refractivity contribution is 0.0936. The molecule has 0 bridgehead atoms. The van der Waals surface area contributed by atoms with Crippen LogP contribution in [-0.4, -0.2) is 11.8 Å². The van der Waals surface area contributed by atoms with Crippen LogP contribution in [0.3, 0.4) is 0 Å². The van der Waals surface area contributed by atoms with Crippen LogP contribution in [0.5, 0.6) is 0 Å². The van der Waals surface area contributed by atoms with E-state index in [1.165, 1.54) is 5.56 Å². The average Bonchev–Trinajstić information content (AvgIpc) is 2.90. The lowest BCUT2D eigenvalue weighted by Crippen LogP contribution is -2.27. The molecular formula is C17H16N2O2. The number of aryl methyl sites for hydroxylation is 1. The summed E-state index contributed by atoms with van der Waals surface area (Å²) in [4.78, 5) is 23.5. The van der Waals surface area contributed by atoms with Crippen LogP contribution >= 0.6 is 0 Å². The molecule has 0 aliphatic heterocycles. The largest absolute Gasteiger partial charge is 0.366 e. The van der Waals surface area contributed by atoms with E-state index in [0.717, 1.165) is 18.4 Å². The summed E-state index contributed by atoms with van der Waals surface area (Å²) in [6, 6.07) is 14.5. The summed E-state index contributed by atoms with van der Waals surface area (Å²) in [5.74, 6) is -0.546. The molecule has 0 heterocycles. The summed E-state index contributed by atoms with van der Waals surface area (Å²) >= 11 is 0. The molecule has 106 valence electrons. The summed E-state index contributed by atoms with van der Waals surface area (Å²) in [5.41, 5.74) is 8.60. The van der Waals surface area contributed by atoms with Gasteiger partial charge in [-0.25, -0.2) is 0 Å². The maximum atomic E-state index is 12.2. The average molecular weight is 280 g/mol. The number of hydrogen-bond donors (Lipinski definition) is 2. The second-order valence-electron chi connectivity index (χ2n) is 5.21. The zero-order valence-corrected chi connectivity index (χ0v) is 11.5. The van der Waals surface area contributed by atoms with E-state index in [2.05, 4.69) is 5.32 Å². The Kier molecular flexibility index (Phi) is 3.44. The van der Waals surface area contributed by atoms with Gasteiger partial charge in [-0.05, 0) is 48.2 Å². The zero-order chi connectivity index (χ0) is 14.8. The van der Waals surface area contributed by atoms with Gasteiger partial charge in [0, 0.05) is 11.1 Å². The Morgan fingerprint density at radius 1 is 1.05 bits per heavy atom. The minimum Gasteiger partial charge on any atom is -0.366 e. The summed E-state index contributed by atoms with van der Waals surface area (Å²) in [6.07, 6.45) is 1.74. The Morgan fingerprint density at radius 2 is 1.81 bits per heavy atom. The molecule has 0 fully saturated rings. The molecule has 1 aliphatic rings. The zero-order valence-electron chi connectivity index (χ0n) is 11.5. The highest BCUT2D eigenvalue weighted by Crippen LogP contribution is 2.32. The van der Waals surface area contributed by atoms with Crippen molar-refractivity contribution in [3.8, 4) is 0 Å². The Hall–Kier alpha value is -2.62. The molecule has 4 nitrogen and oxygen atoms in total. The molecular weight excluding hydrogens is 264 g/mol. The SMILES string of the molecule is NC(=O)c1ccc2c(c1)C(NC(=O)c1ccccc1)CC2. The van der Waals surface area contributed by atoms with Crippen molar-refractivity contribution < 1.29 is 9.59 Å². The first-order valence-corrected chi connectivity index (χ1v) is 6.93. The van der Waals surface area contributed by atoms with Gasteiger partial charge in [0.25, 0.3) is 5.91 Å². The molecule has 3 rings (SSSR count). The molecule has 0 saturated carbocycles. The van der Waals surface area contributed by atoms with Crippen molar-refractivity contribution in [3.05, 3.63) is 70.8 Å². The second kappa shape index (κ2) is 5.40. The highest BCUT2D eigenvalue weighted by molar-refractivity contribution is 5.95. The molecule has 0 aromatic heterocycles. The predicted octanol–water partition coefficient (Wildman–Crippen LogP) is 2.20. The summed E-state index contributed by atoms with van der Waals surface area (Å²) in [5, 5.41) is 3.03. The van der Waals surface area contributed by atoms with Gasteiger partial charge in [0.2, 0.25) is 5.91 Å². The number of amides is 2. The third-order valence-corrected chi connectivity index (χ3v) is 3.85. The second-order valence-corrected chi connectivity index (χ2v) is 5.21. The lowest BCUT2D eigenvalue weighted by atomic mass is 10.0.